The van der Waals surface area contributed by atoms with E-state index in [2.05, 4.69) is 0 Å². The van der Waals surface area contributed by atoms with Gasteiger partial charge in [0.05, 0.1) is 17.8 Å². The van der Waals surface area contributed by atoms with Crippen molar-refractivity contribution in [2.24, 2.45) is 5.41 Å². The van der Waals surface area contributed by atoms with E-state index >= 15 is 0 Å². The Hall–Kier alpha value is -0.610. The minimum Gasteiger partial charge on any atom is -0.481 e. The van der Waals surface area contributed by atoms with Gasteiger partial charge >= 0.3 is 5.97 Å². The zero-order chi connectivity index (χ0) is 12.1. The minimum absolute atomic E-state index is 0.0575. The summed E-state index contributed by atoms with van der Waals surface area (Å²) in [6.45, 7) is 0. The monoisotopic (exact) mass is 240 g/mol. The molecule has 4 nitrogen and oxygen atoms in total. The second-order valence-electron chi connectivity index (χ2n) is 5.90. The second kappa shape index (κ2) is 3.69. The molecule has 0 amide bonds. The number of aliphatic hydroxyl groups is 1. The Balaban J connectivity index is 1.97. The minimum atomic E-state index is -1.04. The molecule has 2 heterocycles. The highest BCUT2D eigenvalue weighted by Crippen LogP contribution is 2.57. The quantitative estimate of drug-likeness (QED) is 0.771. The van der Waals surface area contributed by atoms with Crippen molar-refractivity contribution in [2.75, 3.05) is 0 Å². The first-order valence-electron chi connectivity index (χ1n) is 6.70. The molecule has 3 aliphatic rings. The van der Waals surface area contributed by atoms with Gasteiger partial charge < -0.3 is 14.9 Å². The number of carbonyl (C=O) groups is 1. The molecule has 3 unspecified atom stereocenters. The van der Waals surface area contributed by atoms with Gasteiger partial charge in [-0.05, 0) is 32.1 Å². The predicted octanol–water partition coefficient (Wildman–Crippen LogP) is 1.70. The van der Waals surface area contributed by atoms with E-state index in [9.17, 15) is 15.0 Å². The van der Waals surface area contributed by atoms with Crippen LogP contribution in [0, 0.1) is 5.41 Å². The molecule has 17 heavy (non-hydrogen) atoms. The van der Waals surface area contributed by atoms with Gasteiger partial charge in [0.25, 0.3) is 0 Å². The normalized spacial score (nSPS) is 43.8. The molecule has 96 valence electrons. The molecule has 3 fully saturated rings. The molecule has 0 spiro atoms. The molecule has 3 atom stereocenters. The molecule has 3 rings (SSSR count). The molecule has 0 aromatic carbocycles. The van der Waals surface area contributed by atoms with E-state index in [4.69, 9.17) is 4.74 Å². The van der Waals surface area contributed by atoms with Crippen LogP contribution in [-0.4, -0.2) is 34.0 Å². The topological polar surface area (TPSA) is 66.8 Å². The lowest BCUT2D eigenvalue weighted by atomic mass is 9.58. The summed E-state index contributed by atoms with van der Waals surface area (Å²) >= 11 is 0. The molecule has 2 bridgehead atoms. The van der Waals surface area contributed by atoms with E-state index in [1.54, 1.807) is 0 Å². The fourth-order valence-electron chi connectivity index (χ4n) is 4.21. The highest BCUT2D eigenvalue weighted by Gasteiger charge is 2.67. The molecule has 1 aliphatic carbocycles. The number of ether oxygens (including phenoxy) is 1. The van der Waals surface area contributed by atoms with Crippen molar-refractivity contribution in [3.8, 4) is 0 Å². The second-order valence-corrected chi connectivity index (χ2v) is 5.90. The lowest BCUT2D eigenvalue weighted by Gasteiger charge is -2.47. The highest BCUT2D eigenvalue weighted by molar-refractivity contribution is 5.78. The highest BCUT2D eigenvalue weighted by atomic mass is 16.5. The summed E-state index contributed by atoms with van der Waals surface area (Å²) < 4.78 is 5.73. The third-order valence-electron chi connectivity index (χ3n) is 5.10. The van der Waals surface area contributed by atoms with Gasteiger partial charge in [0, 0.05) is 0 Å². The first-order valence-corrected chi connectivity index (χ1v) is 6.70. The van der Waals surface area contributed by atoms with E-state index in [0.717, 1.165) is 32.1 Å². The summed E-state index contributed by atoms with van der Waals surface area (Å²) in [5.41, 5.74) is -2.08. The Morgan fingerprint density at radius 1 is 1.18 bits per heavy atom. The van der Waals surface area contributed by atoms with Crippen LogP contribution in [0.1, 0.15) is 51.4 Å². The average molecular weight is 240 g/mol. The molecule has 2 N–H and O–H groups in total. The van der Waals surface area contributed by atoms with Crippen LogP contribution >= 0.6 is 0 Å². The van der Waals surface area contributed by atoms with Crippen LogP contribution in [0.2, 0.25) is 0 Å². The maximum absolute atomic E-state index is 11.8. The molecular formula is C13H20O4. The lowest BCUT2D eigenvalue weighted by Crippen LogP contribution is -2.59. The molecular weight excluding hydrogens is 220 g/mol. The van der Waals surface area contributed by atoms with E-state index in [-0.39, 0.29) is 12.2 Å². The molecule has 0 radical (unpaired) electrons. The van der Waals surface area contributed by atoms with Gasteiger partial charge in [0.2, 0.25) is 0 Å². The van der Waals surface area contributed by atoms with Crippen LogP contribution in [0.4, 0.5) is 0 Å². The van der Waals surface area contributed by atoms with E-state index in [1.165, 1.54) is 0 Å². The van der Waals surface area contributed by atoms with Gasteiger partial charge in [-0.1, -0.05) is 19.3 Å². The Kier molecular flexibility index (Phi) is 2.49. The Bertz CT molecular complexity index is 334. The number of rotatable bonds is 2. The summed E-state index contributed by atoms with van der Waals surface area (Å²) in [6.07, 6.45) is 6.24. The van der Waals surface area contributed by atoms with Crippen molar-refractivity contribution in [1.29, 1.82) is 0 Å². The maximum Gasteiger partial charge on any atom is 0.315 e. The van der Waals surface area contributed by atoms with Crippen LogP contribution in [0.3, 0.4) is 0 Å². The van der Waals surface area contributed by atoms with Gasteiger partial charge in [0.1, 0.15) is 5.41 Å². The Labute approximate surface area is 101 Å². The number of carboxylic acid groups (broad SMARTS) is 1. The molecule has 2 saturated heterocycles. The summed E-state index contributed by atoms with van der Waals surface area (Å²) in [5.74, 6) is -0.853. The first kappa shape index (κ1) is 11.5. The summed E-state index contributed by atoms with van der Waals surface area (Å²) in [5, 5.41) is 20.5. The summed E-state index contributed by atoms with van der Waals surface area (Å²) in [4.78, 5) is 11.8. The molecule has 1 saturated carbocycles. The molecule has 0 aromatic heterocycles. The van der Waals surface area contributed by atoms with Crippen LogP contribution in [0.25, 0.3) is 0 Å². The van der Waals surface area contributed by atoms with Crippen molar-refractivity contribution in [3.63, 3.8) is 0 Å². The zero-order valence-corrected chi connectivity index (χ0v) is 10.0. The number of aliphatic carboxylic acids is 1. The van der Waals surface area contributed by atoms with E-state index in [1.807, 2.05) is 0 Å². The number of hydrogen-bond acceptors (Lipinski definition) is 3. The number of carboxylic acids is 1. The smallest absolute Gasteiger partial charge is 0.315 e. The van der Waals surface area contributed by atoms with Crippen molar-refractivity contribution in [1.82, 2.24) is 0 Å². The van der Waals surface area contributed by atoms with E-state index in [0.29, 0.717) is 19.3 Å². The average Bonchev–Trinajstić information content (AvgIpc) is 2.90. The lowest BCUT2D eigenvalue weighted by molar-refractivity contribution is -0.184. The van der Waals surface area contributed by atoms with Gasteiger partial charge in [-0.15, -0.1) is 0 Å². The predicted molar refractivity (Wildman–Crippen MR) is 60.6 cm³/mol. The summed E-state index contributed by atoms with van der Waals surface area (Å²) in [6, 6.07) is 0. The van der Waals surface area contributed by atoms with Crippen LogP contribution < -0.4 is 0 Å². The number of fused-ring (bicyclic) bond motifs is 2. The maximum atomic E-state index is 11.8. The Morgan fingerprint density at radius 3 is 2.35 bits per heavy atom. The SMILES string of the molecule is O=C(O)C1(C2(O)CCCCC2)CC2CCC1O2. The molecule has 4 heteroatoms. The third kappa shape index (κ3) is 1.40. The van der Waals surface area contributed by atoms with Crippen molar-refractivity contribution < 1.29 is 19.7 Å². The van der Waals surface area contributed by atoms with Gasteiger partial charge in [-0.25, -0.2) is 0 Å². The van der Waals surface area contributed by atoms with Gasteiger partial charge in [-0.3, -0.25) is 4.79 Å². The number of hydrogen-bond donors (Lipinski definition) is 2. The largest absolute Gasteiger partial charge is 0.481 e. The van der Waals surface area contributed by atoms with E-state index < -0.39 is 17.0 Å². The van der Waals surface area contributed by atoms with Crippen LogP contribution in [-0.2, 0) is 9.53 Å². The molecule has 2 aliphatic heterocycles. The standard InChI is InChI=1S/C13H20O4/c14-11(15)13(8-9-4-5-10(13)17-9)12(16)6-2-1-3-7-12/h9-10,16H,1-8H2,(H,14,15). The van der Waals surface area contributed by atoms with Crippen molar-refractivity contribution in [3.05, 3.63) is 0 Å². The third-order valence-corrected chi connectivity index (χ3v) is 5.10. The van der Waals surface area contributed by atoms with Gasteiger partial charge in [-0.2, -0.15) is 0 Å². The fourth-order valence-corrected chi connectivity index (χ4v) is 4.21. The fraction of sp³-hybridized carbons (Fsp3) is 0.923. The van der Waals surface area contributed by atoms with Crippen LogP contribution in [0.5, 0.6) is 0 Å². The van der Waals surface area contributed by atoms with Crippen molar-refractivity contribution >= 4 is 5.97 Å². The van der Waals surface area contributed by atoms with Crippen LogP contribution in [0.15, 0.2) is 0 Å². The zero-order valence-electron chi connectivity index (χ0n) is 10.0. The Morgan fingerprint density at radius 2 is 1.88 bits per heavy atom. The molecule has 0 aromatic rings. The van der Waals surface area contributed by atoms with Gasteiger partial charge in [0.15, 0.2) is 0 Å². The first-order chi connectivity index (χ1) is 8.08. The summed E-state index contributed by atoms with van der Waals surface area (Å²) in [7, 11) is 0. The van der Waals surface area contributed by atoms with Crippen molar-refractivity contribution in [2.45, 2.75) is 69.2 Å².